The average molecular weight is 630 g/mol. The van der Waals surface area contributed by atoms with Crippen LogP contribution < -0.4 is 4.90 Å². The lowest BCUT2D eigenvalue weighted by Gasteiger charge is -2.55. The number of hydrogen-bond acceptors (Lipinski definition) is 1. The third kappa shape index (κ3) is 5.74. The number of rotatable bonds is 7. The van der Waals surface area contributed by atoms with E-state index < -0.39 is 0 Å². The molecular weight excluding hydrogens is 579 g/mol. The van der Waals surface area contributed by atoms with Gasteiger partial charge in [0.2, 0.25) is 0 Å². The van der Waals surface area contributed by atoms with Crippen LogP contribution in [0, 0.1) is 11.3 Å². The van der Waals surface area contributed by atoms with E-state index in [4.69, 9.17) is 0 Å². The lowest BCUT2D eigenvalue weighted by Crippen LogP contribution is -2.48. The second kappa shape index (κ2) is 12.8. The Hall–Kier alpha value is -4.62. The van der Waals surface area contributed by atoms with Gasteiger partial charge in [0.1, 0.15) is 0 Å². The van der Waals surface area contributed by atoms with Gasteiger partial charge < -0.3 is 4.90 Å². The zero-order valence-electron chi connectivity index (χ0n) is 30.1. The van der Waals surface area contributed by atoms with E-state index in [1.807, 2.05) is 6.08 Å². The van der Waals surface area contributed by atoms with Gasteiger partial charge >= 0.3 is 0 Å². The van der Waals surface area contributed by atoms with Crippen LogP contribution in [0.3, 0.4) is 0 Å². The molecule has 0 spiro atoms. The van der Waals surface area contributed by atoms with Gasteiger partial charge in [0, 0.05) is 27.9 Å². The summed E-state index contributed by atoms with van der Waals surface area (Å²) >= 11 is 0. The van der Waals surface area contributed by atoms with E-state index in [1.54, 1.807) is 0 Å². The zero-order valence-corrected chi connectivity index (χ0v) is 30.1. The minimum absolute atomic E-state index is 0.0471. The van der Waals surface area contributed by atoms with E-state index >= 15 is 0 Å². The molecule has 0 saturated carbocycles. The maximum absolute atomic E-state index is 4.09. The zero-order chi connectivity index (χ0) is 34.3. The molecule has 2 atom stereocenters. The van der Waals surface area contributed by atoms with Gasteiger partial charge in [-0.3, -0.25) is 0 Å². The lowest BCUT2D eigenvalue weighted by molar-refractivity contribution is 0.212. The monoisotopic (exact) mass is 629 g/mol. The smallest absolute Gasteiger partial charge is 0.0464 e. The van der Waals surface area contributed by atoms with Crippen molar-refractivity contribution in [1.82, 2.24) is 0 Å². The van der Waals surface area contributed by atoms with Gasteiger partial charge in [0.15, 0.2) is 0 Å². The topological polar surface area (TPSA) is 3.24 Å². The summed E-state index contributed by atoms with van der Waals surface area (Å²) in [6.07, 6.45) is 24.0. The summed E-state index contributed by atoms with van der Waals surface area (Å²) in [4.78, 5) is 2.44. The Labute approximate surface area is 289 Å². The summed E-state index contributed by atoms with van der Waals surface area (Å²) < 4.78 is 0. The van der Waals surface area contributed by atoms with Crippen molar-refractivity contribution < 1.29 is 0 Å². The number of nitrogens with zero attached hydrogens (tertiary/aromatic N) is 1. The van der Waals surface area contributed by atoms with Crippen LogP contribution in [-0.4, -0.2) is 0 Å². The van der Waals surface area contributed by atoms with Crippen molar-refractivity contribution in [2.45, 2.75) is 72.6 Å². The Bertz CT molecular complexity index is 1930. The molecule has 0 radical (unpaired) electrons. The number of benzene rings is 3. The first-order valence-electron chi connectivity index (χ1n) is 17.5. The number of fused-ring (bicyclic) bond motifs is 2. The number of hydrogen-bond donors (Lipinski definition) is 0. The molecule has 2 unspecified atom stereocenters. The quantitative estimate of drug-likeness (QED) is 0.235. The van der Waals surface area contributed by atoms with E-state index in [1.165, 1.54) is 39.0 Å². The molecule has 0 aliphatic heterocycles. The van der Waals surface area contributed by atoms with Gasteiger partial charge in [-0.15, -0.1) is 0 Å². The summed E-state index contributed by atoms with van der Waals surface area (Å²) in [5.74, 6) is 0.299. The van der Waals surface area contributed by atoms with Crippen molar-refractivity contribution in [3.63, 3.8) is 0 Å². The van der Waals surface area contributed by atoms with E-state index in [-0.39, 0.29) is 16.2 Å². The molecule has 0 N–H and O–H groups in total. The highest BCUT2D eigenvalue weighted by molar-refractivity contribution is 5.92. The normalized spacial score (nSPS) is 26.2. The van der Waals surface area contributed by atoms with Crippen molar-refractivity contribution in [3.8, 4) is 11.1 Å². The Kier molecular flexibility index (Phi) is 8.86. The summed E-state index contributed by atoms with van der Waals surface area (Å²) in [6.45, 7) is 22.9. The van der Waals surface area contributed by atoms with E-state index in [0.717, 1.165) is 29.1 Å². The molecule has 4 aliphatic carbocycles. The average Bonchev–Trinajstić information content (AvgIpc) is 3.08. The van der Waals surface area contributed by atoms with Gasteiger partial charge in [-0.2, -0.15) is 0 Å². The highest BCUT2D eigenvalue weighted by atomic mass is 15.2. The molecule has 0 saturated heterocycles. The Morgan fingerprint density at radius 3 is 2.25 bits per heavy atom. The third-order valence-electron chi connectivity index (χ3n) is 10.7. The third-order valence-corrected chi connectivity index (χ3v) is 10.7. The van der Waals surface area contributed by atoms with Crippen LogP contribution in [0.15, 0.2) is 163 Å². The van der Waals surface area contributed by atoms with Crippen LogP contribution in [0.2, 0.25) is 0 Å². The molecular formula is C47H51N. The molecule has 7 rings (SSSR count). The van der Waals surface area contributed by atoms with E-state index in [2.05, 4.69) is 194 Å². The van der Waals surface area contributed by atoms with Gasteiger partial charge in [-0.25, -0.2) is 0 Å². The fourth-order valence-electron chi connectivity index (χ4n) is 8.19. The van der Waals surface area contributed by atoms with Crippen LogP contribution >= 0.6 is 0 Å². The summed E-state index contributed by atoms with van der Waals surface area (Å²) in [7, 11) is 0. The maximum Gasteiger partial charge on any atom is 0.0464 e. The minimum atomic E-state index is -0.172. The molecule has 48 heavy (non-hydrogen) atoms. The number of allylic oxidation sites excluding steroid dienone is 13. The Balaban J connectivity index is 1.65. The van der Waals surface area contributed by atoms with Gasteiger partial charge in [-0.05, 0) is 99.6 Å². The maximum atomic E-state index is 4.09. The largest absolute Gasteiger partial charge is 0.311 e. The molecule has 1 heteroatoms. The van der Waals surface area contributed by atoms with Crippen LogP contribution in [-0.2, 0) is 10.8 Å². The molecule has 4 aliphatic rings. The van der Waals surface area contributed by atoms with Gasteiger partial charge in [0.25, 0.3) is 0 Å². The standard InChI is InChI=1S/C47H51N/c1-10-18-38(31-33(3)11-2)48(37-29-27-35(28-30-37)34-19-13-12-14-20-34)39-23-15-21-36-22-16-26-43(45(4,5)6)47(9)42(32-39)40-24-17-25-41(44(40)47)46(36,7)8/h11-32,43H,2,10H2,1,3-9H3/b21-15+,26-16-,33-31-,36-22+,38-18+,39-23+,42-32-. The first-order valence-corrected chi connectivity index (χ1v) is 17.5. The van der Waals surface area contributed by atoms with Crippen molar-refractivity contribution in [3.05, 3.63) is 179 Å². The van der Waals surface area contributed by atoms with E-state index in [0.29, 0.717) is 5.92 Å². The summed E-state index contributed by atoms with van der Waals surface area (Å²) in [5.41, 5.74) is 13.7. The van der Waals surface area contributed by atoms with E-state index in [9.17, 15) is 0 Å². The fourth-order valence-corrected chi connectivity index (χ4v) is 8.19. The highest BCUT2D eigenvalue weighted by Crippen LogP contribution is 2.63. The Morgan fingerprint density at radius 2 is 1.58 bits per heavy atom. The van der Waals surface area contributed by atoms with Gasteiger partial charge in [0.05, 0.1) is 0 Å². The molecule has 6 bridgehead atoms. The minimum Gasteiger partial charge on any atom is -0.311 e. The lowest BCUT2D eigenvalue weighted by atomic mass is 9.48. The fraction of sp³-hybridized carbons (Fsp3) is 0.277. The molecule has 0 amide bonds. The SMILES string of the molecule is C=C/C(C)=C\C(=C/CC)N(C1=C/C=C/C2=C\C=C/C(C(C)(C)C)C3(C)/C(=C\1)c1cccc(c13)C2(C)C)c1ccc(-c2ccccc2)cc1. The first kappa shape index (κ1) is 33.3. The summed E-state index contributed by atoms with van der Waals surface area (Å²) in [6, 6.07) is 26.6. The molecule has 0 fully saturated rings. The van der Waals surface area contributed by atoms with Crippen molar-refractivity contribution in [2.24, 2.45) is 11.3 Å². The molecule has 3 aromatic rings. The van der Waals surface area contributed by atoms with Gasteiger partial charge in [-0.1, -0.05) is 158 Å². The Morgan fingerprint density at radius 1 is 0.875 bits per heavy atom. The van der Waals surface area contributed by atoms with Crippen molar-refractivity contribution in [2.75, 3.05) is 4.90 Å². The second-order valence-electron chi connectivity index (χ2n) is 15.3. The molecule has 3 aromatic carbocycles. The number of anilines is 1. The van der Waals surface area contributed by atoms with Crippen LogP contribution in [0.4, 0.5) is 5.69 Å². The molecule has 0 aromatic heterocycles. The van der Waals surface area contributed by atoms with Crippen molar-refractivity contribution in [1.29, 1.82) is 0 Å². The molecule has 0 heterocycles. The highest BCUT2D eigenvalue weighted by Gasteiger charge is 2.54. The van der Waals surface area contributed by atoms with Crippen LogP contribution in [0.5, 0.6) is 0 Å². The van der Waals surface area contributed by atoms with Crippen LogP contribution in [0.25, 0.3) is 16.7 Å². The van der Waals surface area contributed by atoms with Crippen molar-refractivity contribution >= 4 is 11.3 Å². The predicted molar refractivity (Wildman–Crippen MR) is 209 cm³/mol. The summed E-state index contributed by atoms with van der Waals surface area (Å²) in [5, 5.41) is 0. The molecule has 1 nitrogen and oxygen atoms in total. The van der Waals surface area contributed by atoms with Crippen LogP contribution in [0.1, 0.15) is 78.5 Å². The first-order chi connectivity index (χ1) is 22.9. The second-order valence-corrected chi connectivity index (χ2v) is 15.3. The predicted octanol–water partition coefficient (Wildman–Crippen LogP) is 12.8. The molecule has 244 valence electrons.